The van der Waals surface area contributed by atoms with Crippen molar-refractivity contribution in [3.8, 4) is 0 Å². The molecular formula is C15H8Cl3NO2. The standard InChI is InChI=1S/C15H8Cl3NO2/c16-9-3-1-2-8(6-9)7-19-13-11(18)5-4-10(17)12(13)14(20)15(19)21/h1-6H,7H2. The van der Waals surface area contributed by atoms with Crippen LogP contribution in [0.4, 0.5) is 5.69 Å². The maximum atomic E-state index is 12.2. The Balaban J connectivity index is 2.08. The van der Waals surface area contributed by atoms with E-state index in [1.807, 2.05) is 6.07 Å². The Labute approximate surface area is 136 Å². The predicted octanol–water partition coefficient (Wildman–Crippen LogP) is 4.38. The highest BCUT2D eigenvalue weighted by atomic mass is 35.5. The Morgan fingerprint density at radius 1 is 0.952 bits per heavy atom. The van der Waals surface area contributed by atoms with E-state index in [1.54, 1.807) is 24.3 Å². The third-order valence-electron chi connectivity index (χ3n) is 3.24. The molecule has 0 saturated heterocycles. The molecule has 0 aliphatic carbocycles. The zero-order chi connectivity index (χ0) is 15.1. The highest BCUT2D eigenvalue weighted by molar-refractivity contribution is 6.56. The Kier molecular flexibility index (Phi) is 3.66. The molecule has 0 spiro atoms. The van der Waals surface area contributed by atoms with Gasteiger partial charge in [-0.1, -0.05) is 46.9 Å². The summed E-state index contributed by atoms with van der Waals surface area (Å²) in [7, 11) is 0. The van der Waals surface area contributed by atoms with Gasteiger partial charge in [0.2, 0.25) is 0 Å². The summed E-state index contributed by atoms with van der Waals surface area (Å²) in [5.41, 5.74) is 1.32. The van der Waals surface area contributed by atoms with E-state index >= 15 is 0 Å². The lowest BCUT2D eigenvalue weighted by Crippen LogP contribution is -2.29. The number of fused-ring (bicyclic) bond motifs is 1. The lowest BCUT2D eigenvalue weighted by atomic mass is 10.1. The van der Waals surface area contributed by atoms with Gasteiger partial charge in [0.1, 0.15) is 0 Å². The summed E-state index contributed by atoms with van der Waals surface area (Å²) in [6, 6.07) is 10.1. The van der Waals surface area contributed by atoms with Crippen molar-refractivity contribution in [2.24, 2.45) is 0 Å². The van der Waals surface area contributed by atoms with Gasteiger partial charge in [-0.3, -0.25) is 14.5 Å². The summed E-state index contributed by atoms with van der Waals surface area (Å²) in [6.45, 7) is 0.207. The van der Waals surface area contributed by atoms with E-state index in [9.17, 15) is 9.59 Å². The van der Waals surface area contributed by atoms with Gasteiger partial charge in [-0.15, -0.1) is 0 Å². The number of Topliss-reactive ketones (excluding diaryl/α,β-unsaturated/α-hetero) is 1. The average Bonchev–Trinajstić information content (AvgIpc) is 2.69. The minimum absolute atomic E-state index is 0.163. The lowest BCUT2D eigenvalue weighted by Gasteiger charge is -2.18. The van der Waals surface area contributed by atoms with Gasteiger partial charge in [0.15, 0.2) is 0 Å². The number of benzene rings is 2. The summed E-state index contributed by atoms with van der Waals surface area (Å²) in [5, 5.41) is 1.10. The van der Waals surface area contributed by atoms with Crippen molar-refractivity contribution < 1.29 is 9.59 Å². The van der Waals surface area contributed by atoms with Gasteiger partial charge in [0, 0.05) is 5.02 Å². The zero-order valence-electron chi connectivity index (χ0n) is 10.6. The number of nitrogens with zero attached hydrogens (tertiary/aromatic N) is 1. The topological polar surface area (TPSA) is 37.4 Å². The lowest BCUT2D eigenvalue weighted by molar-refractivity contribution is -0.114. The third kappa shape index (κ3) is 2.42. The molecular weight excluding hydrogens is 333 g/mol. The van der Waals surface area contributed by atoms with Crippen LogP contribution in [0.5, 0.6) is 0 Å². The Hall–Kier alpha value is -1.55. The van der Waals surface area contributed by atoms with Crippen molar-refractivity contribution in [1.29, 1.82) is 0 Å². The minimum atomic E-state index is -0.639. The molecule has 0 unspecified atom stereocenters. The van der Waals surface area contributed by atoms with Gasteiger partial charge in [-0.25, -0.2) is 0 Å². The first kappa shape index (κ1) is 14.4. The van der Waals surface area contributed by atoms with Crippen LogP contribution in [0.2, 0.25) is 15.1 Å². The number of ketones is 1. The average molecular weight is 341 g/mol. The quantitative estimate of drug-likeness (QED) is 0.761. The van der Waals surface area contributed by atoms with E-state index in [4.69, 9.17) is 34.8 Å². The predicted molar refractivity (Wildman–Crippen MR) is 83.4 cm³/mol. The molecule has 1 amide bonds. The number of anilines is 1. The van der Waals surface area contributed by atoms with Crippen LogP contribution in [0.3, 0.4) is 0 Å². The maximum Gasteiger partial charge on any atom is 0.299 e. The first-order valence-corrected chi connectivity index (χ1v) is 7.21. The molecule has 2 aromatic rings. The molecule has 2 aromatic carbocycles. The normalized spacial score (nSPS) is 13.8. The monoisotopic (exact) mass is 339 g/mol. The molecule has 21 heavy (non-hydrogen) atoms. The van der Waals surface area contributed by atoms with E-state index in [2.05, 4.69) is 0 Å². The van der Waals surface area contributed by atoms with Crippen LogP contribution in [0.25, 0.3) is 0 Å². The molecule has 3 nitrogen and oxygen atoms in total. The number of carbonyl (C=O) groups excluding carboxylic acids is 2. The second-order valence-electron chi connectivity index (χ2n) is 4.60. The van der Waals surface area contributed by atoms with E-state index < -0.39 is 11.7 Å². The number of halogens is 3. The summed E-state index contributed by atoms with van der Waals surface area (Å²) < 4.78 is 0. The molecule has 1 aliphatic rings. The fourth-order valence-electron chi connectivity index (χ4n) is 2.32. The molecule has 106 valence electrons. The molecule has 0 fully saturated rings. The van der Waals surface area contributed by atoms with Crippen LogP contribution >= 0.6 is 34.8 Å². The fraction of sp³-hybridized carbons (Fsp3) is 0.0667. The van der Waals surface area contributed by atoms with Gasteiger partial charge >= 0.3 is 0 Å². The number of carbonyl (C=O) groups is 2. The summed E-state index contributed by atoms with van der Waals surface area (Å²) in [4.78, 5) is 25.6. The molecule has 0 radical (unpaired) electrons. The highest BCUT2D eigenvalue weighted by Gasteiger charge is 2.39. The van der Waals surface area contributed by atoms with Crippen LogP contribution in [-0.2, 0) is 11.3 Å². The molecule has 0 saturated carbocycles. The van der Waals surface area contributed by atoms with Crippen molar-refractivity contribution >= 4 is 52.2 Å². The molecule has 0 aromatic heterocycles. The van der Waals surface area contributed by atoms with Gasteiger partial charge < -0.3 is 0 Å². The first-order chi connectivity index (χ1) is 9.99. The Morgan fingerprint density at radius 3 is 2.38 bits per heavy atom. The second kappa shape index (κ2) is 5.34. The zero-order valence-corrected chi connectivity index (χ0v) is 12.8. The van der Waals surface area contributed by atoms with Crippen LogP contribution < -0.4 is 4.90 Å². The molecule has 0 N–H and O–H groups in total. The minimum Gasteiger partial charge on any atom is -0.299 e. The summed E-state index contributed by atoms with van der Waals surface area (Å²) in [6.07, 6.45) is 0. The third-order valence-corrected chi connectivity index (χ3v) is 4.10. The first-order valence-electron chi connectivity index (χ1n) is 6.07. The molecule has 0 atom stereocenters. The second-order valence-corrected chi connectivity index (χ2v) is 5.85. The number of hydrogen-bond donors (Lipinski definition) is 0. The smallest absolute Gasteiger partial charge is 0.299 e. The summed E-state index contributed by atoms with van der Waals surface area (Å²) in [5.74, 6) is -1.28. The molecule has 0 bridgehead atoms. The van der Waals surface area contributed by atoms with Crippen LogP contribution in [0.1, 0.15) is 15.9 Å². The van der Waals surface area contributed by atoms with Crippen molar-refractivity contribution in [2.75, 3.05) is 4.90 Å². The van der Waals surface area contributed by atoms with E-state index in [-0.39, 0.29) is 17.1 Å². The van der Waals surface area contributed by atoms with Crippen molar-refractivity contribution in [2.45, 2.75) is 6.54 Å². The highest BCUT2D eigenvalue weighted by Crippen LogP contribution is 2.40. The number of rotatable bonds is 2. The van der Waals surface area contributed by atoms with Gasteiger partial charge in [0.25, 0.3) is 11.7 Å². The van der Waals surface area contributed by atoms with Crippen LogP contribution in [0.15, 0.2) is 36.4 Å². The Morgan fingerprint density at radius 2 is 1.67 bits per heavy atom. The molecule has 3 rings (SSSR count). The van der Waals surface area contributed by atoms with Crippen molar-refractivity contribution in [3.05, 3.63) is 62.6 Å². The van der Waals surface area contributed by atoms with Crippen molar-refractivity contribution in [3.63, 3.8) is 0 Å². The number of hydrogen-bond acceptors (Lipinski definition) is 2. The maximum absolute atomic E-state index is 12.2. The largest absolute Gasteiger partial charge is 0.299 e. The molecule has 1 aliphatic heterocycles. The fourth-order valence-corrected chi connectivity index (χ4v) is 3.03. The van der Waals surface area contributed by atoms with E-state index in [0.717, 1.165) is 5.56 Å². The van der Waals surface area contributed by atoms with Gasteiger partial charge in [0.05, 0.1) is 27.8 Å². The van der Waals surface area contributed by atoms with Crippen LogP contribution in [-0.4, -0.2) is 11.7 Å². The van der Waals surface area contributed by atoms with Crippen molar-refractivity contribution in [1.82, 2.24) is 0 Å². The van der Waals surface area contributed by atoms with Gasteiger partial charge in [-0.05, 0) is 29.8 Å². The summed E-state index contributed by atoms with van der Waals surface area (Å²) >= 11 is 18.1. The Bertz CT molecular complexity index is 774. The number of amides is 1. The molecule has 6 heteroatoms. The van der Waals surface area contributed by atoms with Crippen LogP contribution in [0, 0.1) is 0 Å². The van der Waals surface area contributed by atoms with Gasteiger partial charge in [-0.2, -0.15) is 0 Å². The SMILES string of the molecule is O=C1C(=O)N(Cc2cccc(Cl)c2)c2c(Cl)ccc(Cl)c21. The van der Waals surface area contributed by atoms with E-state index in [0.29, 0.717) is 15.7 Å². The molecule has 1 heterocycles. The van der Waals surface area contributed by atoms with E-state index in [1.165, 1.54) is 11.0 Å².